The molecule has 36 heteroatoms. The quantitative estimate of drug-likeness (QED) is 0.0232. The van der Waals surface area contributed by atoms with E-state index >= 15 is 0 Å². The van der Waals surface area contributed by atoms with Crippen molar-refractivity contribution in [2.45, 2.75) is 267 Å². The highest BCUT2D eigenvalue weighted by Crippen LogP contribution is 2.61. The molecule has 0 aromatic heterocycles. The summed E-state index contributed by atoms with van der Waals surface area (Å²) in [6.45, 7) is 8.99. The van der Waals surface area contributed by atoms with Crippen molar-refractivity contribution in [3.63, 3.8) is 0 Å². The Kier molecular flexibility index (Phi) is 33.9. The Morgan fingerprint density at radius 1 is 0.453 bits per heavy atom. The molecule has 5 aliphatic heterocycles. The molecule has 0 aromatic carbocycles. The van der Waals surface area contributed by atoms with Crippen LogP contribution in [0.1, 0.15) is 113 Å². The molecule has 5 saturated heterocycles. The summed E-state index contributed by atoms with van der Waals surface area (Å²) >= 11 is 0. The van der Waals surface area contributed by atoms with Crippen molar-refractivity contribution in [3.8, 4) is 0 Å². The molecule has 0 spiro atoms. The van der Waals surface area contributed by atoms with Gasteiger partial charge in [-0.25, -0.2) is 9.13 Å². The lowest BCUT2D eigenvalue weighted by Gasteiger charge is -2.50. The fourth-order valence-electron chi connectivity index (χ4n) is 11.2. The van der Waals surface area contributed by atoms with Gasteiger partial charge in [-0.05, 0) is 98.3 Å². The molecule has 550 valence electrons. The lowest BCUT2D eigenvalue weighted by Crippen LogP contribution is -2.70. The second-order valence-corrected chi connectivity index (χ2v) is 27.9. The van der Waals surface area contributed by atoms with Crippen LogP contribution in [-0.2, 0) is 74.7 Å². The van der Waals surface area contributed by atoms with Crippen LogP contribution in [0, 0.1) is 5.92 Å². The van der Waals surface area contributed by atoms with E-state index in [1.54, 1.807) is 0 Å². The van der Waals surface area contributed by atoms with Gasteiger partial charge in [-0.15, -0.1) is 0 Å². The first-order valence-corrected chi connectivity index (χ1v) is 34.6. The summed E-state index contributed by atoms with van der Waals surface area (Å²) in [5, 5.41) is 156. The molecule has 5 fully saturated rings. The Morgan fingerprint density at radius 2 is 0.863 bits per heavy atom. The van der Waals surface area contributed by atoms with E-state index in [4.69, 9.17) is 51.7 Å². The summed E-state index contributed by atoms with van der Waals surface area (Å²) in [6, 6.07) is -3.84. The Bertz CT molecular complexity index is 2600. The largest absolute Gasteiger partial charge is 0.483 e. The van der Waals surface area contributed by atoms with Gasteiger partial charge < -0.3 is 135 Å². The van der Waals surface area contributed by atoms with Gasteiger partial charge in [0.2, 0.25) is 11.8 Å². The Hall–Kier alpha value is -2.76. The first kappa shape index (κ1) is 82.9. The average Bonchev–Trinajstić information content (AvgIpc) is 0.774. The second kappa shape index (κ2) is 38.9. The molecule has 5 rings (SSSR count). The first-order valence-electron chi connectivity index (χ1n) is 31.6. The number of carbonyl (C=O) groups excluding carboxylic acids is 2. The molecule has 0 saturated carbocycles. The van der Waals surface area contributed by atoms with Crippen LogP contribution in [0.25, 0.3) is 0 Å². The van der Waals surface area contributed by atoms with Gasteiger partial charge in [0.05, 0.1) is 39.6 Å². The number of amides is 2. The predicted molar refractivity (Wildman–Crippen MR) is 327 cm³/mol. The Morgan fingerprint density at radius 3 is 1.36 bits per heavy atom. The van der Waals surface area contributed by atoms with Crippen molar-refractivity contribution >= 4 is 27.5 Å². The standard InChI is InChI=1S/C59H102N2O32P2/c1-28(2)13-9-14-29(3)15-10-16-30(4)17-11-18-31(5)19-12-20-32(6)21-22-83-94(78,79)93-95(80,81)92-56-41(61-34(8)67)46(72)52(38(26-65)87-56)89-55-40(60-33(7)66)45(71)53(37(25-64)86-55)90-59-51(77)54(91-58-50(76)48(74)43(69)36(24-63)85-58)44(70)39(88-59)27-82-57-49(75)47(73)42(68)35(23-62)84-57/h13,15,17,19,32,35-59,62-65,68-77H,9-12,14,16,18,20-27H2,1-8H3,(H,60,66)(H,61,67)(H,78,79)(H,80,81)/b29-15+,30-17+,31-19-/t32?,35-,36-,37-,38-,39-,40-,41-,42-,43-,44-,45-,46-,47+,48+,49+,50+,51+,52-,53-,54+,55+,56?,57+,58-,59+/m1/s1. The van der Waals surface area contributed by atoms with Crippen molar-refractivity contribution in [3.05, 3.63) is 46.6 Å². The molecular formula is C59H102N2O32P2. The second-order valence-electron chi connectivity index (χ2n) is 24.9. The molecule has 0 aromatic rings. The minimum absolute atomic E-state index is 0.0367. The van der Waals surface area contributed by atoms with E-state index in [1.807, 2.05) is 6.92 Å². The van der Waals surface area contributed by atoms with E-state index in [1.165, 1.54) is 22.3 Å². The van der Waals surface area contributed by atoms with E-state index in [0.717, 1.165) is 52.4 Å². The third-order valence-corrected chi connectivity index (χ3v) is 19.3. The van der Waals surface area contributed by atoms with Gasteiger partial charge in [0.1, 0.15) is 122 Å². The number of allylic oxidation sites excluding steroid dienone is 8. The lowest BCUT2D eigenvalue weighted by molar-refractivity contribution is -0.383. The highest BCUT2D eigenvalue weighted by atomic mass is 31.3. The van der Waals surface area contributed by atoms with Gasteiger partial charge in [-0.2, -0.15) is 4.31 Å². The number of ether oxygens (including phenoxy) is 9. The van der Waals surface area contributed by atoms with Crippen LogP contribution in [-0.4, -0.2) is 286 Å². The van der Waals surface area contributed by atoms with Crippen LogP contribution in [0.4, 0.5) is 0 Å². The molecule has 0 aliphatic carbocycles. The van der Waals surface area contributed by atoms with Crippen molar-refractivity contribution in [2.24, 2.45) is 5.92 Å². The van der Waals surface area contributed by atoms with Crippen molar-refractivity contribution in [2.75, 3.05) is 39.6 Å². The normalized spacial score (nSPS) is 38.4. The first-order chi connectivity index (χ1) is 44.7. The lowest BCUT2D eigenvalue weighted by atomic mass is 9.94. The monoisotopic (exact) mass is 1410 g/mol. The summed E-state index contributed by atoms with van der Waals surface area (Å²) in [7, 11) is -11.2. The van der Waals surface area contributed by atoms with Crippen molar-refractivity contribution in [1.29, 1.82) is 0 Å². The molecule has 18 N–H and O–H groups in total. The molecule has 4 unspecified atom stereocenters. The smallest absolute Gasteiger partial charge is 0.394 e. The van der Waals surface area contributed by atoms with Gasteiger partial charge in [0.15, 0.2) is 31.5 Å². The number of aliphatic hydroxyl groups is 14. The topological polar surface area (TPSA) is 527 Å². The number of hydrogen-bond acceptors (Lipinski definition) is 30. The van der Waals surface area contributed by atoms with Gasteiger partial charge in [0.25, 0.3) is 0 Å². The number of rotatable bonds is 35. The molecule has 0 radical (unpaired) electrons. The summed E-state index contributed by atoms with van der Waals surface area (Å²) in [5.74, 6) is -1.87. The molecule has 28 atom stereocenters. The highest BCUT2D eigenvalue weighted by Gasteiger charge is 2.57. The average molecular weight is 1410 g/mol. The molecule has 0 bridgehead atoms. The van der Waals surface area contributed by atoms with Crippen LogP contribution < -0.4 is 10.6 Å². The SMILES string of the molecule is CC(=O)N[C@H]1[C@H](O[C@H]2[C@H](O)[C@@H](NC(C)=O)C(OP(=O)(O)OP(=O)(O)OCCC(C)CC/C=C(/C)CC/C=C(\C)CC/C=C(\C)CCC=C(C)C)O[C@@H]2CO)O[C@H](CO)[C@@H](O[C@@H]2O[C@H](CO[C@H]3O[C@H](CO)[C@@H](O)[C@H](O)[C@@H]3O)[C@@H](O)[C@H](O[C@H]3O[C@H](CO)[C@@H](O)[C@H](O)[C@@H]3O)[C@@H]2O)[C@@H]1O. The van der Waals surface area contributed by atoms with Gasteiger partial charge in [0, 0.05) is 13.8 Å². The fourth-order valence-corrected chi connectivity index (χ4v) is 13.4. The van der Waals surface area contributed by atoms with Crippen LogP contribution >= 0.6 is 15.6 Å². The zero-order chi connectivity index (χ0) is 70.8. The van der Waals surface area contributed by atoms with E-state index in [9.17, 15) is 100.0 Å². The fraction of sp³-hybridized carbons (Fsp3) is 0.831. The number of phosphoric acid groups is 2. The van der Waals surface area contributed by atoms with Crippen LogP contribution in [0.3, 0.4) is 0 Å². The van der Waals surface area contributed by atoms with Crippen molar-refractivity contribution in [1.82, 2.24) is 10.6 Å². The molecule has 2 amide bonds. The van der Waals surface area contributed by atoms with Crippen molar-refractivity contribution < 1.29 is 156 Å². The Labute approximate surface area is 551 Å². The van der Waals surface area contributed by atoms with Gasteiger partial charge >= 0.3 is 15.6 Å². The van der Waals surface area contributed by atoms with Gasteiger partial charge in [-0.1, -0.05) is 53.5 Å². The zero-order valence-corrected chi connectivity index (χ0v) is 56.3. The molecule has 34 nitrogen and oxygen atoms in total. The van der Waals surface area contributed by atoms with Crippen LogP contribution in [0.5, 0.6) is 0 Å². The number of carbonyl (C=O) groups is 2. The molecule has 95 heavy (non-hydrogen) atoms. The summed E-state index contributed by atoms with van der Waals surface area (Å²) in [6.07, 6.45) is -29.0. The molecular weight excluding hydrogens is 1310 g/mol. The third kappa shape index (κ3) is 24.5. The highest BCUT2D eigenvalue weighted by molar-refractivity contribution is 7.61. The maximum absolute atomic E-state index is 13.4. The summed E-state index contributed by atoms with van der Waals surface area (Å²) < 4.78 is 92.9. The molecule has 5 heterocycles. The molecule has 5 aliphatic rings. The van der Waals surface area contributed by atoms with E-state index in [-0.39, 0.29) is 12.3 Å². The van der Waals surface area contributed by atoms with Crippen LogP contribution in [0.15, 0.2) is 46.6 Å². The number of hydrogen-bond donors (Lipinski definition) is 18. The van der Waals surface area contributed by atoms with E-state index in [0.29, 0.717) is 12.8 Å². The third-order valence-electron chi connectivity index (χ3n) is 16.7. The summed E-state index contributed by atoms with van der Waals surface area (Å²) in [4.78, 5) is 46.7. The zero-order valence-electron chi connectivity index (χ0n) is 54.5. The number of nitrogens with one attached hydrogen (secondary N) is 2. The van der Waals surface area contributed by atoms with E-state index < -0.39 is 221 Å². The Balaban J connectivity index is 1.24. The van der Waals surface area contributed by atoms with E-state index in [2.05, 4.69) is 73.9 Å². The minimum atomic E-state index is -5.79. The minimum Gasteiger partial charge on any atom is -0.394 e. The maximum Gasteiger partial charge on any atom is 0.483 e. The summed E-state index contributed by atoms with van der Waals surface area (Å²) in [5.41, 5.74) is 5.24. The number of phosphoric ester groups is 2. The predicted octanol–water partition coefficient (Wildman–Crippen LogP) is -2.43. The maximum atomic E-state index is 13.4. The van der Waals surface area contributed by atoms with Gasteiger partial charge in [-0.3, -0.25) is 18.6 Å². The number of aliphatic hydroxyl groups excluding tert-OH is 14. The van der Waals surface area contributed by atoms with Crippen LogP contribution in [0.2, 0.25) is 0 Å².